The van der Waals surface area contributed by atoms with E-state index in [1.165, 1.54) is 12.1 Å². The van der Waals surface area contributed by atoms with Gasteiger partial charge in [0.25, 0.3) is 5.91 Å². The molecule has 2 aromatic rings. The predicted molar refractivity (Wildman–Crippen MR) is 168 cm³/mol. The second kappa shape index (κ2) is 12.4. The first-order chi connectivity index (χ1) is 21.5. The van der Waals surface area contributed by atoms with Crippen molar-refractivity contribution in [1.29, 1.82) is 0 Å². The molecule has 0 radical (unpaired) electrons. The van der Waals surface area contributed by atoms with E-state index in [0.29, 0.717) is 56.8 Å². The molecule has 0 bridgehead atoms. The van der Waals surface area contributed by atoms with Crippen molar-refractivity contribution in [2.45, 2.75) is 82.6 Å². The maximum atomic E-state index is 17.2. The molecule has 252 valence electrons. The number of benzene rings is 2. The number of likely N-dealkylation sites (tertiary alicyclic amines) is 2. The number of piperidine rings is 2. The predicted octanol–water partition coefficient (Wildman–Crippen LogP) is 6.72. The summed E-state index contributed by atoms with van der Waals surface area (Å²) in [6, 6.07) is 11.0. The fourth-order valence-electron chi connectivity index (χ4n) is 7.20. The molecule has 0 saturated carbocycles. The number of alkyl halides is 4. The van der Waals surface area contributed by atoms with Crippen molar-refractivity contribution in [3.05, 3.63) is 59.2 Å². The lowest BCUT2D eigenvalue weighted by atomic mass is 9.79. The molecular weight excluding hydrogens is 602 g/mol. The lowest BCUT2D eigenvalue weighted by molar-refractivity contribution is -0.149. The smallest absolute Gasteiger partial charge is 0.416 e. The van der Waals surface area contributed by atoms with Gasteiger partial charge in [0, 0.05) is 56.4 Å². The van der Waals surface area contributed by atoms with Crippen molar-refractivity contribution in [3.63, 3.8) is 0 Å². The zero-order valence-corrected chi connectivity index (χ0v) is 27.3. The monoisotopic (exact) mass is 647 g/mol. The van der Waals surface area contributed by atoms with E-state index < -0.39 is 40.6 Å². The third-order valence-corrected chi connectivity index (χ3v) is 10.5. The molecule has 0 aliphatic carbocycles. The van der Waals surface area contributed by atoms with Crippen molar-refractivity contribution in [1.82, 2.24) is 9.80 Å². The Bertz CT molecular complexity index is 1420. The first-order valence-corrected chi connectivity index (χ1v) is 16.0. The van der Waals surface area contributed by atoms with Gasteiger partial charge in [-0.2, -0.15) is 13.2 Å². The molecule has 3 fully saturated rings. The summed E-state index contributed by atoms with van der Waals surface area (Å²) >= 11 is 0. The zero-order chi connectivity index (χ0) is 33.7. The Kier molecular flexibility index (Phi) is 9.13. The van der Waals surface area contributed by atoms with E-state index in [9.17, 15) is 27.9 Å². The standard InChI is InChI=1S/C35H45F4N3O4/c1-32(2,3)42-21-28(24-6-9-26(46-5)10-7-24)34(36,22-42)30(43)41-16-12-23(13-17-41)27-11-8-25(35(37,38)39)20-29(27)40-18-14-33(4,15-19-40)31(44)45/h6-11,20,23,28H,12-19,21-22H2,1-5H3,(H,44,45)/t28-,34-/m0/s1. The topological polar surface area (TPSA) is 73.3 Å². The van der Waals surface area contributed by atoms with Crippen molar-refractivity contribution in [3.8, 4) is 5.75 Å². The number of anilines is 1. The molecule has 1 amide bonds. The van der Waals surface area contributed by atoms with Crippen LogP contribution in [-0.2, 0) is 15.8 Å². The number of hydrogen-bond acceptors (Lipinski definition) is 5. The number of carbonyl (C=O) groups excluding carboxylic acids is 1. The maximum Gasteiger partial charge on any atom is 0.416 e. The fourth-order valence-corrected chi connectivity index (χ4v) is 7.20. The van der Waals surface area contributed by atoms with Crippen LogP contribution in [0, 0.1) is 5.41 Å². The molecule has 2 atom stereocenters. The molecule has 0 aromatic heterocycles. The third-order valence-electron chi connectivity index (χ3n) is 10.5. The zero-order valence-electron chi connectivity index (χ0n) is 27.3. The first kappa shape index (κ1) is 34.0. The first-order valence-electron chi connectivity index (χ1n) is 16.0. The van der Waals surface area contributed by atoms with Gasteiger partial charge in [0.15, 0.2) is 0 Å². The minimum atomic E-state index is -4.52. The molecule has 46 heavy (non-hydrogen) atoms. The Morgan fingerprint density at radius 2 is 1.57 bits per heavy atom. The van der Waals surface area contributed by atoms with Crippen LogP contribution in [-0.4, -0.2) is 84.4 Å². The molecular formula is C35H45F4N3O4. The second-order valence-corrected chi connectivity index (χ2v) is 14.4. The number of aliphatic carboxylic acids is 1. The van der Waals surface area contributed by atoms with E-state index >= 15 is 4.39 Å². The van der Waals surface area contributed by atoms with Crippen LogP contribution in [0.15, 0.2) is 42.5 Å². The van der Waals surface area contributed by atoms with E-state index in [-0.39, 0.29) is 31.1 Å². The molecule has 3 aliphatic rings. The van der Waals surface area contributed by atoms with Crippen LogP contribution in [0.25, 0.3) is 0 Å². The van der Waals surface area contributed by atoms with Gasteiger partial charge in [-0.25, -0.2) is 4.39 Å². The molecule has 3 aliphatic heterocycles. The summed E-state index contributed by atoms with van der Waals surface area (Å²) in [6.45, 7) is 9.29. The molecule has 11 heteroatoms. The van der Waals surface area contributed by atoms with Gasteiger partial charge in [-0.05, 0) is 94.7 Å². The van der Waals surface area contributed by atoms with Crippen LogP contribution in [0.3, 0.4) is 0 Å². The number of carboxylic acid groups (broad SMARTS) is 1. The van der Waals surface area contributed by atoms with E-state index in [4.69, 9.17) is 4.74 Å². The normalized spacial score (nSPS) is 24.7. The summed E-state index contributed by atoms with van der Waals surface area (Å²) in [4.78, 5) is 31.3. The van der Waals surface area contributed by atoms with Gasteiger partial charge in [0.2, 0.25) is 5.67 Å². The van der Waals surface area contributed by atoms with Gasteiger partial charge in [0.05, 0.1) is 18.1 Å². The average molecular weight is 648 g/mol. The lowest BCUT2D eigenvalue weighted by Crippen LogP contribution is -2.53. The average Bonchev–Trinajstić information content (AvgIpc) is 3.39. The largest absolute Gasteiger partial charge is 0.497 e. The van der Waals surface area contributed by atoms with E-state index in [1.54, 1.807) is 31.1 Å². The van der Waals surface area contributed by atoms with E-state index in [1.807, 2.05) is 42.7 Å². The minimum absolute atomic E-state index is 0.0285. The number of methoxy groups -OCH3 is 1. The highest BCUT2D eigenvalue weighted by atomic mass is 19.4. The highest BCUT2D eigenvalue weighted by molar-refractivity contribution is 5.87. The van der Waals surface area contributed by atoms with Gasteiger partial charge < -0.3 is 19.6 Å². The Labute approximate surface area is 268 Å². The molecule has 0 spiro atoms. The van der Waals surface area contributed by atoms with Crippen LogP contribution in [0.5, 0.6) is 5.75 Å². The summed E-state index contributed by atoms with van der Waals surface area (Å²) in [7, 11) is 1.56. The van der Waals surface area contributed by atoms with Crippen molar-refractivity contribution >= 4 is 17.6 Å². The second-order valence-electron chi connectivity index (χ2n) is 14.4. The van der Waals surface area contributed by atoms with Crippen molar-refractivity contribution < 1.29 is 37.0 Å². The van der Waals surface area contributed by atoms with Crippen LogP contribution in [0.4, 0.5) is 23.2 Å². The summed E-state index contributed by atoms with van der Waals surface area (Å²) in [6.07, 6.45) is -2.91. The van der Waals surface area contributed by atoms with Crippen LogP contribution in [0.1, 0.15) is 81.9 Å². The molecule has 3 heterocycles. The number of halogens is 4. The highest BCUT2D eigenvalue weighted by Gasteiger charge is 2.57. The highest BCUT2D eigenvalue weighted by Crippen LogP contribution is 2.46. The molecule has 1 N–H and O–H groups in total. The Hall–Kier alpha value is -3.34. The van der Waals surface area contributed by atoms with Gasteiger partial charge in [-0.3, -0.25) is 14.5 Å². The van der Waals surface area contributed by atoms with Crippen molar-refractivity contribution in [2.24, 2.45) is 5.41 Å². The minimum Gasteiger partial charge on any atom is -0.497 e. The number of rotatable bonds is 6. The summed E-state index contributed by atoms with van der Waals surface area (Å²) < 4.78 is 63.8. The number of hydrogen-bond donors (Lipinski definition) is 1. The maximum absolute atomic E-state index is 17.2. The van der Waals surface area contributed by atoms with Gasteiger partial charge in [0.1, 0.15) is 5.75 Å². The molecule has 0 unspecified atom stereocenters. The molecule has 2 aromatic carbocycles. The van der Waals surface area contributed by atoms with Crippen LogP contribution >= 0.6 is 0 Å². The summed E-state index contributed by atoms with van der Waals surface area (Å²) in [5, 5.41) is 9.65. The Morgan fingerprint density at radius 1 is 0.957 bits per heavy atom. The fraction of sp³-hybridized carbons (Fsp3) is 0.600. The van der Waals surface area contributed by atoms with E-state index in [2.05, 4.69) is 0 Å². The summed E-state index contributed by atoms with van der Waals surface area (Å²) in [5.74, 6) is -1.59. The number of carbonyl (C=O) groups is 2. The van der Waals surface area contributed by atoms with E-state index in [0.717, 1.165) is 17.2 Å². The van der Waals surface area contributed by atoms with Crippen LogP contribution in [0.2, 0.25) is 0 Å². The SMILES string of the molecule is COc1ccc([C@@H]2CN(C(C)(C)C)C[C@@]2(F)C(=O)N2CCC(c3ccc(C(F)(F)F)cc3N3CCC(C)(C(=O)O)CC3)CC2)cc1. The summed E-state index contributed by atoms with van der Waals surface area (Å²) in [5.41, 5.74) is -2.21. The van der Waals surface area contributed by atoms with Gasteiger partial charge >= 0.3 is 12.1 Å². The molecule has 5 rings (SSSR count). The molecule has 3 saturated heterocycles. The Balaban J connectivity index is 1.36. The third kappa shape index (κ3) is 6.57. The Morgan fingerprint density at radius 3 is 2.09 bits per heavy atom. The van der Waals surface area contributed by atoms with Gasteiger partial charge in [-0.1, -0.05) is 18.2 Å². The molecule has 7 nitrogen and oxygen atoms in total. The number of amides is 1. The van der Waals surface area contributed by atoms with Crippen LogP contribution < -0.4 is 9.64 Å². The van der Waals surface area contributed by atoms with Crippen molar-refractivity contribution in [2.75, 3.05) is 51.3 Å². The van der Waals surface area contributed by atoms with Gasteiger partial charge in [-0.15, -0.1) is 0 Å². The number of nitrogens with zero attached hydrogens (tertiary/aromatic N) is 3. The number of ether oxygens (including phenoxy) is 1. The number of carboxylic acids is 1. The quantitative estimate of drug-likeness (QED) is 0.351. The lowest BCUT2D eigenvalue weighted by Gasteiger charge is -2.41.